The Morgan fingerprint density at radius 2 is 2.00 bits per heavy atom. The van der Waals surface area contributed by atoms with E-state index in [0.717, 1.165) is 25.3 Å². The Bertz CT molecular complexity index is 514. The number of rotatable bonds is 4. The van der Waals surface area contributed by atoms with Gasteiger partial charge in [0.15, 0.2) is 5.69 Å². The van der Waals surface area contributed by atoms with Crippen molar-refractivity contribution < 1.29 is 9.90 Å². The predicted molar refractivity (Wildman–Crippen MR) is 86.4 cm³/mol. The summed E-state index contributed by atoms with van der Waals surface area (Å²) in [4.78, 5) is 20.2. The largest absolute Gasteiger partial charge is 0.477 e. The second-order valence-electron chi connectivity index (χ2n) is 6.50. The quantitative estimate of drug-likeness (QED) is 0.926. The smallest absolute Gasteiger partial charge is 0.354 e. The molecule has 1 aromatic heterocycles. The molecule has 3 heterocycles. The van der Waals surface area contributed by atoms with Crippen LogP contribution in [0.4, 0.5) is 5.82 Å². The van der Waals surface area contributed by atoms with E-state index in [1.165, 1.54) is 45.3 Å². The van der Waals surface area contributed by atoms with Gasteiger partial charge in [0.25, 0.3) is 0 Å². The summed E-state index contributed by atoms with van der Waals surface area (Å²) in [6.45, 7) is 5.63. The second-order valence-corrected chi connectivity index (χ2v) is 6.50. The summed E-state index contributed by atoms with van der Waals surface area (Å²) in [6.07, 6.45) is 6.47. The molecule has 5 heteroatoms. The summed E-state index contributed by atoms with van der Waals surface area (Å²) in [7, 11) is 0. The lowest BCUT2D eigenvalue weighted by atomic mass is 9.96. The molecule has 0 aromatic carbocycles. The standard InChI is InChI=1S/C17H25N3O2/c21-17(22)15-7-4-8-16(18-15)20-11-5-6-14(13-20)12-19-9-2-1-3-10-19/h4,7-8,14H,1-3,5-6,9-13H2,(H,21,22)/t14-/m1/s1. The molecule has 0 spiro atoms. The highest BCUT2D eigenvalue weighted by Crippen LogP contribution is 2.23. The van der Waals surface area contributed by atoms with Crippen LogP contribution in [0.15, 0.2) is 18.2 Å². The van der Waals surface area contributed by atoms with Crippen molar-refractivity contribution in [3.8, 4) is 0 Å². The van der Waals surface area contributed by atoms with Crippen LogP contribution in [0.2, 0.25) is 0 Å². The van der Waals surface area contributed by atoms with Crippen LogP contribution < -0.4 is 4.90 Å². The summed E-state index contributed by atoms with van der Waals surface area (Å²) in [6, 6.07) is 5.27. The number of aromatic carboxylic acids is 1. The van der Waals surface area contributed by atoms with E-state index >= 15 is 0 Å². The zero-order valence-corrected chi connectivity index (χ0v) is 13.1. The van der Waals surface area contributed by atoms with Gasteiger partial charge in [-0.3, -0.25) is 0 Å². The number of nitrogens with zero attached hydrogens (tertiary/aromatic N) is 3. The summed E-state index contributed by atoms with van der Waals surface area (Å²) in [5.41, 5.74) is 0.135. The highest BCUT2D eigenvalue weighted by atomic mass is 16.4. The van der Waals surface area contributed by atoms with Gasteiger partial charge in [0.2, 0.25) is 0 Å². The number of carboxylic acid groups (broad SMARTS) is 1. The van der Waals surface area contributed by atoms with E-state index in [0.29, 0.717) is 5.92 Å². The third-order valence-corrected chi connectivity index (χ3v) is 4.76. The molecule has 120 valence electrons. The highest BCUT2D eigenvalue weighted by molar-refractivity contribution is 5.85. The molecule has 3 rings (SSSR count). The molecule has 0 radical (unpaired) electrons. The number of carbonyl (C=O) groups is 1. The average molecular weight is 303 g/mol. The van der Waals surface area contributed by atoms with Crippen molar-refractivity contribution in [3.63, 3.8) is 0 Å². The molecule has 2 fully saturated rings. The monoisotopic (exact) mass is 303 g/mol. The molecular weight excluding hydrogens is 278 g/mol. The van der Waals surface area contributed by atoms with Crippen molar-refractivity contribution >= 4 is 11.8 Å². The zero-order valence-electron chi connectivity index (χ0n) is 13.1. The van der Waals surface area contributed by atoms with Crippen LogP contribution in [-0.2, 0) is 0 Å². The molecule has 2 aliphatic heterocycles. The number of piperidine rings is 2. The first-order valence-corrected chi connectivity index (χ1v) is 8.40. The summed E-state index contributed by atoms with van der Waals surface area (Å²) in [5.74, 6) is 0.522. The van der Waals surface area contributed by atoms with Crippen molar-refractivity contribution in [2.75, 3.05) is 37.6 Å². The Hall–Kier alpha value is -1.62. The van der Waals surface area contributed by atoms with Gasteiger partial charge < -0.3 is 14.9 Å². The summed E-state index contributed by atoms with van der Waals surface area (Å²) in [5, 5.41) is 9.09. The Morgan fingerprint density at radius 1 is 1.18 bits per heavy atom. The third kappa shape index (κ3) is 3.77. The fourth-order valence-corrected chi connectivity index (χ4v) is 3.65. The van der Waals surface area contributed by atoms with Crippen molar-refractivity contribution in [2.45, 2.75) is 32.1 Å². The van der Waals surface area contributed by atoms with Crippen LogP contribution in [0, 0.1) is 5.92 Å². The third-order valence-electron chi connectivity index (χ3n) is 4.76. The Kier molecular flexibility index (Phi) is 4.93. The van der Waals surface area contributed by atoms with Gasteiger partial charge in [0.1, 0.15) is 5.82 Å². The van der Waals surface area contributed by atoms with E-state index in [4.69, 9.17) is 5.11 Å². The predicted octanol–water partition coefficient (Wildman–Crippen LogP) is 2.48. The van der Waals surface area contributed by atoms with Gasteiger partial charge >= 0.3 is 5.97 Å². The summed E-state index contributed by atoms with van der Waals surface area (Å²) >= 11 is 0. The minimum absolute atomic E-state index is 0.135. The van der Waals surface area contributed by atoms with Crippen molar-refractivity contribution in [3.05, 3.63) is 23.9 Å². The Balaban J connectivity index is 1.62. The van der Waals surface area contributed by atoms with Crippen molar-refractivity contribution in [2.24, 2.45) is 5.92 Å². The number of anilines is 1. The van der Waals surface area contributed by atoms with E-state index in [2.05, 4.69) is 14.8 Å². The van der Waals surface area contributed by atoms with Crippen LogP contribution >= 0.6 is 0 Å². The van der Waals surface area contributed by atoms with Crippen molar-refractivity contribution in [1.29, 1.82) is 0 Å². The molecule has 22 heavy (non-hydrogen) atoms. The Morgan fingerprint density at radius 3 is 2.77 bits per heavy atom. The van der Waals surface area contributed by atoms with E-state index < -0.39 is 5.97 Å². The molecule has 0 bridgehead atoms. The number of hydrogen-bond donors (Lipinski definition) is 1. The number of pyridine rings is 1. The molecular formula is C17H25N3O2. The first kappa shape index (κ1) is 15.3. The molecule has 0 aliphatic carbocycles. The van der Waals surface area contributed by atoms with Gasteiger partial charge in [-0.05, 0) is 56.8 Å². The van der Waals surface area contributed by atoms with Crippen LogP contribution in [0.25, 0.3) is 0 Å². The van der Waals surface area contributed by atoms with Gasteiger partial charge in [0.05, 0.1) is 0 Å². The maximum absolute atomic E-state index is 11.1. The molecule has 1 aromatic rings. The normalized spacial score (nSPS) is 23.5. The molecule has 0 unspecified atom stereocenters. The maximum Gasteiger partial charge on any atom is 0.354 e. The van der Waals surface area contributed by atoms with Gasteiger partial charge in [-0.15, -0.1) is 0 Å². The molecule has 2 aliphatic rings. The molecule has 2 saturated heterocycles. The fourth-order valence-electron chi connectivity index (χ4n) is 3.65. The maximum atomic E-state index is 11.1. The van der Waals surface area contributed by atoms with E-state index in [-0.39, 0.29) is 5.69 Å². The molecule has 1 N–H and O–H groups in total. The zero-order chi connectivity index (χ0) is 15.4. The first-order chi connectivity index (χ1) is 10.7. The Labute approximate surface area is 131 Å². The molecule has 1 atom stereocenters. The topological polar surface area (TPSA) is 56.7 Å². The van der Waals surface area contributed by atoms with Crippen LogP contribution in [0.5, 0.6) is 0 Å². The highest BCUT2D eigenvalue weighted by Gasteiger charge is 2.24. The average Bonchev–Trinajstić information content (AvgIpc) is 2.56. The molecule has 0 amide bonds. The van der Waals surface area contributed by atoms with Gasteiger partial charge in [0, 0.05) is 19.6 Å². The van der Waals surface area contributed by atoms with Crippen molar-refractivity contribution in [1.82, 2.24) is 9.88 Å². The number of hydrogen-bond acceptors (Lipinski definition) is 4. The lowest BCUT2D eigenvalue weighted by Crippen LogP contribution is -2.42. The molecule has 5 nitrogen and oxygen atoms in total. The van der Waals surface area contributed by atoms with Gasteiger partial charge in [-0.25, -0.2) is 9.78 Å². The number of carboxylic acids is 1. The lowest BCUT2D eigenvalue weighted by Gasteiger charge is -2.37. The SMILES string of the molecule is O=C(O)c1cccc(N2CCC[C@H](CN3CCCCC3)C2)n1. The summed E-state index contributed by atoms with van der Waals surface area (Å²) < 4.78 is 0. The number of aromatic nitrogens is 1. The van der Waals surface area contributed by atoms with Gasteiger partial charge in [-0.1, -0.05) is 12.5 Å². The number of likely N-dealkylation sites (tertiary alicyclic amines) is 1. The first-order valence-electron chi connectivity index (χ1n) is 8.40. The molecule has 0 saturated carbocycles. The van der Waals surface area contributed by atoms with E-state index in [1.54, 1.807) is 12.1 Å². The van der Waals surface area contributed by atoms with Crippen LogP contribution in [0.3, 0.4) is 0 Å². The second kappa shape index (κ2) is 7.09. The van der Waals surface area contributed by atoms with Crippen LogP contribution in [0.1, 0.15) is 42.6 Å². The lowest BCUT2D eigenvalue weighted by molar-refractivity contribution is 0.0690. The van der Waals surface area contributed by atoms with E-state index in [1.807, 2.05) is 6.07 Å². The van der Waals surface area contributed by atoms with Gasteiger partial charge in [-0.2, -0.15) is 0 Å². The minimum atomic E-state index is -0.955. The van der Waals surface area contributed by atoms with Crippen LogP contribution in [-0.4, -0.2) is 53.7 Å². The fraction of sp³-hybridized carbons (Fsp3) is 0.647. The van der Waals surface area contributed by atoms with E-state index in [9.17, 15) is 4.79 Å². The minimum Gasteiger partial charge on any atom is -0.477 e.